The molecule has 76 valence electrons. The van der Waals surface area contributed by atoms with Crippen molar-refractivity contribution >= 4 is 23.5 Å². The maximum Gasteiger partial charge on any atom is 0.182 e. The number of amidine groups is 1. The van der Waals surface area contributed by atoms with E-state index in [1.54, 1.807) is 25.4 Å². The summed E-state index contributed by atoms with van der Waals surface area (Å²) in [5.74, 6) is 0.498. The van der Waals surface area contributed by atoms with Gasteiger partial charge in [0.15, 0.2) is 6.19 Å². The summed E-state index contributed by atoms with van der Waals surface area (Å²) in [5, 5.41) is 11.5. The van der Waals surface area contributed by atoms with Crippen LogP contribution in [0.4, 0.5) is 0 Å². The number of nitrogens with zero attached hydrogens (tertiary/aromatic N) is 2. The van der Waals surface area contributed by atoms with Crippen molar-refractivity contribution in [1.29, 1.82) is 5.26 Å². The standard InChI is InChI=1S/C11H10ClN3/c1-14-11(15-8-13)7-6-9-4-2-3-5-10(9)12/h2-7H,1H3,(H,14,15)/b7-6+. The van der Waals surface area contributed by atoms with Crippen molar-refractivity contribution in [1.82, 2.24) is 5.32 Å². The second-order valence-electron chi connectivity index (χ2n) is 2.70. The molecule has 0 fully saturated rings. The minimum absolute atomic E-state index is 0.498. The molecule has 0 amide bonds. The maximum atomic E-state index is 8.42. The fourth-order valence-corrected chi connectivity index (χ4v) is 1.21. The lowest BCUT2D eigenvalue weighted by Crippen LogP contribution is -2.14. The summed E-state index contributed by atoms with van der Waals surface area (Å²) in [6.45, 7) is 0. The third-order valence-corrected chi connectivity index (χ3v) is 2.10. The summed E-state index contributed by atoms with van der Waals surface area (Å²) < 4.78 is 0. The molecule has 0 saturated heterocycles. The minimum atomic E-state index is 0.498. The fourth-order valence-electron chi connectivity index (χ4n) is 1.01. The van der Waals surface area contributed by atoms with E-state index in [4.69, 9.17) is 16.9 Å². The number of aliphatic imine (C=N–C) groups is 1. The molecule has 0 aliphatic heterocycles. The molecule has 0 saturated carbocycles. The summed E-state index contributed by atoms with van der Waals surface area (Å²) in [4.78, 5) is 3.88. The fraction of sp³-hybridized carbons (Fsp3) is 0.0909. The average molecular weight is 220 g/mol. The molecule has 0 unspecified atom stereocenters. The molecule has 4 heteroatoms. The van der Waals surface area contributed by atoms with Gasteiger partial charge in [-0.25, -0.2) is 0 Å². The van der Waals surface area contributed by atoms with Gasteiger partial charge >= 0.3 is 0 Å². The predicted octanol–water partition coefficient (Wildman–Crippen LogP) is 2.45. The lowest BCUT2D eigenvalue weighted by molar-refractivity contribution is 1.24. The highest BCUT2D eigenvalue weighted by molar-refractivity contribution is 6.32. The Bertz CT molecular complexity index is 430. The molecule has 1 rings (SSSR count). The van der Waals surface area contributed by atoms with Crippen LogP contribution in [0, 0.1) is 11.5 Å². The highest BCUT2D eigenvalue weighted by Gasteiger charge is 1.94. The first-order chi connectivity index (χ1) is 7.27. The average Bonchev–Trinajstić information content (AvgIpc) is 2.26. The van der Waals surface area contributed by atoms with Crippen molar-refractivity contribution in [2.24, 2.45) is 4.99 Å². The van der Waals surface area contributed by atoms with E-state index in [-0.39, 0.29) is 0 Å². The molecule has 0 heterocycles. The maximum absolute atomic E-state index is 8.42. The van der Waals surface area contributed by atoms with E-state index >= 15 is 0 Å². The summed E-state index contributed by atoms with van der Waals surface area (Å²) in [7, 11) is 1.61. The van der Waals surface area contributed by atoms with E-state index < -0.39 is 0 Å². The Hall–Kier alpha value is -1.79. The number of hydrogen-bond acceptors (Lipinski definition) is 2. The van der Waals surface area contributed by atoms with Gasteiger partial charge in [0.25, 0.3) is 0 Å². The summed E-state index contributed by atoms with van der Waals surface area (Å²) in [6, 6.07) is 7.45. The lowest BCUT2D eigenvalue weighted by Gasteiger charge is -1.97. The summed E-state index contributed by atoms with van der Waals surface area (Å²) >= 11 is 5.95. The van der Waals surface area contributed by atoms with Gasteiger partial charge in [-0.3, -0.25) is 10.3 Å². The minimum Gasteiger partial charge on any atom is -0.277 e. The van der Waals surface area contributed by atoms with E-state index in [9.17, 15) is 0 Å². The molecular formula is C11H10ClN3. The number of benzene rings is 1. The topological polar surface area (TPSA) is 48.2 Å². The Morgan fingerprint density at radius 1 is 1.53 bits per heavy atom. The van der Waals surface area contributed by atoms with Gasteiger partial charge in [-0.2, -0.15) is 5.26 Å². The molecular weight excluding hydrogens is 210 g/mol. The van der Waals surface area contributed by atoms with Gasteiger partial charge in [-0.1, -0.05) is 29.8 Å². The van der Waals surface area contributed by atoms with Crippen molar-refractivity contribution in [3.63, 3.8) is 0 Å². The summed E-state index contributed by atoms with van der Waals surface area (Å²) in [5.41, 5.74) is 0.889. The molecule has 3 nitrogen and oxygen atoms in total. The van der Waals surface area contributed by atoms with Crippen LogP contribution in [0.2, 0.25) is 5.02 Å². The Morgan fingerprint density at radius 3 is 2.87 bits per heavy atom. The van der Waals surface area contributed by atoms with Crippen LogP contribution in [-0.4, -0.2) is 12.9 Å². The molecule has 1 aromatic carbocycles. The SMILES string of the molecule is CN=C(/C=C/c1ccccc1Cl)NC#N. The van der Waals surface area contributed by atoms with Crippen LogP contribution in [0.15, 0.2) is 35.3 Å². The van der Waals surface area contributed by atoms with Crippen molar-refractivity contribution in [2.75, 3.05) is 7.05 Å². The summed E-state index contributed by atoms with van der Waals surface area (Å²) in [6.07, 6.45) is 5.30. The molecule has 1 N–H and O–H groups in total. The van der Waals surface area contributed by atoms with E-state index in [1.165, 1.54) is 0 Å². The molecule has 0 aliphatic carbocycles. The van der Waals surface area contributed by atoms with Gasteiger partial charge in [0, 0.05) is 12.1 Å². The van der Waals surface area contributed by atoms with E-state index in [1.807, 2.05) is 24.3 Å². The Balaban J connectivity index is 2.82. The molecule has 0 radical (unpaired) electrons. The largest absolute Gasteiger partial charge is 0.277 e. The zero-order chi connectivity index (χ0) is 11.1. The smallest absolute Gasteiger partial charge is 0.182 e. The molecule has 15 heavy (non-hydrogen) atoms. The van der Waals surface area contributed by atoms with E-state index in [2.05, 4.69) is 10.3 Å². The number of rotatable bonds is 2. The van der Waals surface area contributed by atoms with Gasteiger partial charge in [0.05, 0.1) is 0 Å². The normalized spacial score (nSPS) is 11.4. The predicted molar refractivity (Wildman–Crippen MR) is 62.6 cm³/mol. The van der Waals surface area contributed by atoms with Gasteiger partial charge in [0.2, 0.25) is 0 Å². The number of halogens is 1. The third-order valence-electron chi connectivity index (χ3n) is 1.75. The van der Waals surface area contributed by atoms with Crippen LogP contribution < -0.4 is 5.32 Å². The van der Waals surface area contributed by atoms with Crippen molar-refractivity contribution < 1.29 is 0 Å². The quantitative estimate of drug-likeness (QED) is 0.360. The zero-order valence-corrected chi connectivity index (χ0v) is 8.99. The van der Waals surface area contributed by atoms with Crippen LogP contribution in [0.1, 0.15) is 5.56 Å². The first-order valence-electron chi connectivity index (χ1n) is 4.32. The van der Waals surface area contributed by atoms with Gasteiger partial charge < -0.3 is 0 Å². The Kier molecular flexibility index (Phi) is 4.39. The van der Waals surface area contributed by atoms with Crippen LogP contribution >= 0.6 is 11.6 Å². The van der Waals surface area contributed by atoms with Crippen molar-refractivity contribution in [2.45, 2.75) is 0 Å². The molecule has 0 bridgehead atoms. The third kappa shape index (κ3) is 3.45. The molecule has 0 aromatic heterocycles. The highest BCUT2D eigenvalue weighted by Crippen LogP contribution is 2.15. The van der Waals surface area contributed by atoms with Gasteiger partial charge in [-0.15, -0.1) is 0 Å². The Labute approximate surface area is 93.7 Å². The second-order valence-corrected chi connectivity index (χ2v) is 3.11. The van der Waals surface area contributed by atoms with Crippen molar-refractivity contribution in [3.05, 3.63) is 40.9 Å². The van der Waals surface area contributed by atoms with Gasteiger partial charge in [0.1, 0.15) is 5.84 Å². The van der Waals surface area contributed by atoms with Gasteiger partial charge in [-0.05, 0) is 23.8 Å². The highest BCUT2D eigenvalue weighted by atomic mass is 35.5. The second kappa shape index (κ2) is 5.84. The number of nitriles is 1. The Morgan fingerprint density at radius 2 is 2.27 bits per heavy atom. The monoisotopic (exact) mass is 219 g/mol. The first kappa shape index (κ1) is 11.3. The van der Waals surface area contributed by atoms with E-state index in [0.29, 0.717) is 10.9 Å². The molecule has 1 aromatic rings. The van der Waals surface area contributed by atoms with E-state index in [0.717, 1.165) is 5.56 Å². The molecule has 0 aliphatic rings. The zero-order valence-electron chi connectivity index (χ0n) is 8.24. The van der Waals surface area contributed by atoms with Crippen molar-refractivity contribution in [3.8, 4) is 6.19 Å². The molecule has 0 spiro atoms. The van der Waals surface area contributed by atoms with Crippen LogP contribution in [0.5, 0.6) is 0 Å². The van der Waals surface area contributed by atoms with Crippen LogP contribution in [-0.2, 0) is 0 Å². The molecule has 0 atom stereocenters. The number of nitrogens with one attached hydrogen (secondary N) is 1. The first-order valence-corrected chi connectivity index (χ1v) is 4.70. The van der Waals surface area contributed by atoms with Crippen LogP contribution in [0.3, 0.4) is 0 Å². The lowest BCUT2D eigenvalue weighted by atomic mass is 10.2. The van der Waals surface area contributed by atoms with Crippen LogP contribution in [0.25, 0.3) is 6.08 Å². The number of hydrogen-bond donors (Lipinski definition) is 1.